The molecule has 4 nitrogen and oxygen atoms in total. The summed E-state index contributed by atoms with van der Waals surface area (Å²) < 4.78 is 0. The summed E-state index contributed by atoms with van der Waals surface area (Å²) in [7, 11) is 1.82. The molecule has 1 aliphatic carbocycles. The number of nitrogens with zero attached hydrogens (tertiary/aromatic N) is 2. The van der Waals surface area contributed by atoms with E-state index in [0.29, 0.717) is 12.5 Å². The second-order valence-corrected chi connectivity index (χ2v) is 7.81. The molecule has 1 heterocycles. The lowest BCUT2D eigenvalue weighted by molar-refractivity contribution is -0.137. The Kier molecular flexibility index (Phi) is 5.62. The fourth-order valence-electron chi connectivity index (χ4n) is 3.19. The quantitative estimate of drug-likeness (QED) is 0.864. The first-order valence-corrected chi connectivity index (χ1v) is 9.62. The Morgan fingerprint density at radius 3 is 2.57 bits per heavy atom. The van der Waals surface area contributed by atoms with E-state index in [4.69, 9.17) is 0 Å². The summed E-state index contributed by atoms with van der Waals surface area (Å²) >= 11 is 1.95. The monoisotopic (exact) mass is 334 g/mol. The highest BCUT2D eigenvalue weighted by atomic mass is 32.2. The second-order valence-electron chi connectivity index (χ2n) is 6.59. The summed E-state index contributed by atoms with van der Waals surface area (Å²) in [5.41, 5.74) is 1.05. The Labute approximate surface area is 142 Å². The number of rotatable bonds is 6. The second kappa shape index (κ2) is 7.69. The molecular formula is C18H26N2O2S. The Balaban J connectivity index is 1.74. The predicted octanol–water partition coefficient (Wildman–Crippen LogP) is 2.01. The van der Waals surface area contributed by atoms with E-state index in [1.807, 2.05) is 49.1 Å². The van der Waals surface area contributed by atoms with Crippen molar-refractivity contribution in [3.63, 3.8) is 0 Å². The van der Waals surface area contributed by atoms with Crippen molar-refractivity contribution in [3.05, 3.63) is 35.9 Å². The first-order valence-electron chi connectivity index (χ1n) is 8.46. The van der Waals surface area contributed by atoms with Crippen molar-refractivity contribution < 1.29 is 9.90 Å². The summed E-state index contributed by atoms with van der Waals surface area (Å²) in [5, 5.41) is 10.2. The molecule has 1 saturated carbocycles. The number of benzene rings is 1. The number of hydrogen-bond donors (Lipinski definition) is 1. The zero-order valence-corrected chi connectivity index (χ0v) is 14.5. The number of thioether (sulfide) groups is 1. The summed E-state index contributed by atoms with van der Waals surface area (Å²) in [6, 6.07) is 9.82. The number of carbonyl (C=O) groups is 1. The van der Waals surface area contributed by atoms with Gasteiger partial charge in [-0.2, -0.15) is 11.8 Å². The van der Waals surface area contributed by atoms with Gasteiger partial charge < -0.3 is 10.0 Å². The van der Waals surface area contributed by atoms with Gasteiger partial charge >= 0.3 is 0 Å². The van der Waals surface area contributed by atoms with Gasteiger partial charge in [0.05, 0.1) is 6.10 Å². The molecule has 2 aliphatic rings. The Morgan fingerprint density at radius 1 is 1.30 bits per heavy atom. The van der Waals surface area contributed by atoms with Crippen LogP contribution in [0.25, 0.3) is 0 Å². The molecule has 1 aromatic rings. The molecule has 5 heteroatoms. The summed E-state index contributed by atoms with van der Waals surface area (Å²) in [6.07, 6.45) is 1.81. The Hall–Kier alpha value is -1.04. The van der Waals surface area contributed by atoms with E-state index in [9.17, 15) is 9.90 Å². The van der Waals surface area contributed by atoms with E-state index in [2.05, 4.69) is 4.90 Å². The Bertz CT molecular complexity index is 515. The molecule has 3 rings (SSSR count). The van der Waals surface area contributed by atoms with Crippen molar-refractivity contribution in [3.8, 4) is 0 Å². The van der Waals surface area contributed by atoms with Crippen LogP contribution in [0.3, 0.4) is 0 Å². The topological polar surface area (TPSA) is 43.8 Å². The maximum absolute atomic E-state index is 13.1. The highest BCUT2D eigenvalue weighted by molar-refractivity contribution is 7.99. The van der Waals surface area contributed by atoms with Crippen molar-refractivity contribution in [2.45, 2.75) is 25.0 Å². The lowest BCUT2D eigenvalue weighted by Gasteiger charge is -2.36. The average molecular weight is 334 g/mol. The number of hydrogen-bond acceptors (Lipinski definition) is 4. The van der Waals surface area contributed by atoms with Crippen LogP contribution in [0.4, 0.5) is 0 Å². The van der Waals surface area contributed by atoms with Crippen LogP contribution in [0.5, 0.6) is 0 Å². The van der Waals surface area contributed by atoms with E-state index in [-0.39, 0.29) is 18.1 Å². The normalized spacial score (nSPS) is 21.7. The highest BCUT2D eigenvalue weighted by Gasteiger charge is 2.35. The van der Waals surface area contributed by atoms with E-state index < -0.39 is 0 Å². The molecule has 1 N–H and O–H groups in total. The molecule has 1 saturated heterocycles. The van der Waals surface area contributed by atoms with Gasteiger partial charge in [-0.15, -0.1) is 0 Å². The van der Waals surface area contributed by atoms with Crippen LogP contribution in [0.2, 0.25) is 0 Å². The number of aliphatic hydroxyl groups excluding tert-OH is 1. The lowest BCUT2D eigenvalue weighted by Crippen LogP contribution is -2.46. The van der Waals surface area contributed by atoms with Crippen molar-refractivity contribution in [2.75, 3.05) is 38.2 Å². The van der Waals surface area contributed by atoms with E-state index in [0.717, 1.165) is 43.0 Å². The first-order chi connectivity index (χ1) is 11.2. The molecule has 0 spiro atoms. The number of aliphatic hydroxyl groups is 1. The van der Waals surface area contributed by atoms with Gasteiger partial charge in [0.25, 0.3) is 0 Å². The van der Waals surface area contributed by atoms with E-state index >= 15 is 0 Å². The molecule has 2 fully saturated rings. The van der Waals surface area contributed by atoms with Crippen molar-refractivity contribution >= 4 is 17.7 Å². The van der Waals surface area contributed by atoms with E-state index in [1.165, 1.54) is 0 Å². The smallest absolute Gasteiger partial charge is 0.244 e. The van der Waals surface area contributed by atoms with Crippen molar-refractivity contribution in [1.82, 2.24) is 9.80 Å². The third-order valence-electron chi connectivity index (χ3n) is 4.76. The Morgan fingerprint density at radius 2 is 1.96 bits per heavy atom. The first kappa shape index (κ1) is 16.8. The molecular weight excluding hydrogens is 308 g/mol. The molecule has 23 heavy (non-hydrogen) atoms. The molecule has 0 radical (unpaired) electrons. The van der Waals surface area contributed by atoms with Gasteiger partial charge in [-0.05, 0) is 24.3 Å². The minimum Gasteiger partial charge on any atom is -0.391 e. The van der Waals surface area contributed by atoms with Crippen LogP contribution in [0.15, 0.2) is 30.3 Å². The molecule has 2 atom stereocenters. The zero-order chi connectivity index (χ0) is 16.2. The largest absolute Gasteiger partial charge is 0.391 e. The molecule has 0 aromatic heterocycles. The predicted molar refractivity (Wildman–Crippen MR) is 94.4 cm³/mol. The maximum atomic E-state index is 13.1. The van der Waals surface area contributed by atoms with Crippen LogP contribution < -0.4 is 0 Å². The number of amides is 1. The van der Waals surface area contributed by atoms with Crippen molar-refractivity contribution in [2.24, 2.45) is 5.92 Å². The molecule has 1 amide bonds. The van der Waals surface area contributed by atoms with Gasteiger partial charge in [0.15, 0.2) is 0 Å². The molecule has 1 aromatic carbocycles. The van der Waals surface area contributed by atoms with E-state index in [1.54, 1.807) is 4.90 Å². The van der Waals surface area contributed by atoms with Gasteiger partial charge in [0, 0.05) is 38.2 Å². The zero-order valence-electron chi connectivity index (χ0n) is 13.7. The molecule has 0 bridgehead atoms. The average Bonchev–Trinajstić information content (AvgIpc) is 3.42. The summed E-state index contributed by atoms with van der Waals surface area (Å²) in [5.74, 6) is 2.64. The van der Waals surface area contributed by atoms with Gasteiger partial charge in [-0.25, -0.2) is 0 Å². The third kappa shape index (κ3) is 4.28. The van der Waals surface area contributed by atoms with Crippen LogP contribution in [0.1, 0.15) is 24.4 Å². The van der Waals surface area contributed by atoms with Crippen molar-refractivity contribution in [1.29, 1.82) is 0 Å². The highest BCUT2D eigenvalue weighted by Crippen LogP contribution is 2.33. The standard InChI is InChI=1S/C18H26N2O2S/c1-19(13-16(21)14-7-8-14)18(22)17(15-5-3-2-4-6-15)20-9-11-23-12-10-20/h2-6,14,16-17,21H,7-13H2,1H3. The minimum atomic E-state index is -0.378. The summed E-state index contributed by atoms with van der Waals surface area (Å²) in [4.78, 5) is 17.1. The number of carbonyl (C=O) groups excluding carboxylic acids is 1. The molecule has 2 unspecified atom stereocenters. The summed E-state index contributed by atoms with van der Waals surface area (Å²) in [6.45, 7) is 2.32. The van der Waals surface area contributed by atoms with Crippen LogP contribution in [0, 0.1) is 5.92 Å². The molecule has 126 valence electrons. The van der Waals surface area contributed by atoms with Crippen LogP contribution in [-0.2, 0) is 4.79 Å². The fraction of sp³-hybridized carbons (Fsp3) is 0.611. The SMILES string of the molecule is CN(CC(O)C1CC1)C(=O)C(c1ccccc1)N1CCSCC1. The maximum Gasteiger partial charge on any atom is 0.244 e. The fourth-order valence-corrected chi connectivity index (χ4v) is 4.12. The molecule has 1 aliphatic heterocycles. The van der Waals surface area contributed by atoms with Crippen LogP contribution >= 0.6 is 11.8 Å². The third-order valence-corrected chi connectivity index (χ3v) is 5.71. The lowest BCUT2D eigenvalue weighted by atomic mass is 10.0. The number of likely N-dealkylation sites (N-methyl/N-ethyl adjacent to an activating group) is 1. The van der Waals surface area contributed by atoms with Gasteiger partial charge in [0.2, 0.25) is 5.91 Å². The van der Waals surface area contributed by atoms with Gasteiger partial charge in [-0.1, -0.05) is 30.3 Å². The minimum absolute atomic E-state index is 0.0998. The van der Waals surface area contributed by atoms with Gasteiger partial charge in [-0.3, -0.25) is 9.69 Å². The van der Waals surface area contributed by atoms with Crippen LogP contribution in [-0.4, -0.2) is 65.1 Å². The van der Waals surface area contributed by atoms with Gasteiger partial charge in [0.1, 0.15) is 6.04 Å².